The number of nitrogens with one attached hydrogen (secondary N) is 1. The van der Waals surface area contributed by atoms with Crippen molar-refractivity contribution in [2.75, 3.05) is 5.32 Å². The first-order valence-electron chi connectivity index (χ1n) is 9.80. The fourth-order valence-corrected chi connectivity index (χ4v) is 3.57. The smallest absolute Gasteiger partial charge is 0.218 e. The predicted molar refractivity (Wildman–Crippen MR) is 110 cm³/mol. The number of aromatic nitrogens is 6. The Morgan fingerprint density at radius 3 is 2.97 bits per heavy atom. The van der Waals surface area contributed by atoms with E-state index in [2.05, 4.69) is 37.3 Å². The maximum atomic E-state index is 13.0. The van der Waals surface area contributed by atoms with Crippen molar-refractivity contribution in [2.24, 2.45) is 13.0 Å². The lowest BCUT2D eigenvalue weighted by Crippen LogP contribution is -2.20. The Bertz CT molecular complexity index is 1100. The van der Waals surface area contributed by atoms with Crippen LogP contribution in [-0.4, -0.2) is 52.6 Å². The Morgan fingerprint density at radius 2 is 2.23 bits per heavy atom. The van der Waals surface area contributed by atoms with Crippen LogP contribution in [0.15, 0.2) is 37.2 Å². The molecule has 1 saturated carbocycles. The van der Waals surface area contributed by atoms with Gasteiger partial charge in [0.2, 0.25) is 5.78 Å². The van der Waals surface area contributed by atoms with Crippen molar-refractivity contribution in [2.45, 2.75) is 38.5 Å². The zero-order chi connectivity index (χ0) is 21.1. The summed E-state index contributed by atoms with van der Waals surface area (Å²) in [6, 6.07) is 1.73. The monoisotopic (exact) mass is 405 g/mol. The van der Waals surface area contributed by atoms with Gasteiger partial charge in [0.1, 0.15) is 24.4 Å². The summed E-state index contributed by atoms with van der Waals surface area (Å²) in [5.41, 5.74) is 1.48. The van der Waals surface area contributed by atoms with Crippen molar-refractivity contribution in [1.29, 1.82) is 0 Å². The number of nitrogens with zero attached hydrogens (tertiary/aromatic N) is 6. The van der Waals surface area contributed by atoms with Crippen molar-refractivity contribution in [3.05, 3.63) is 54.0 Å². The first-order valence-corrected chi connectivity index (χ1v) is 9.80. The van der Waals surface area contributed by atoms with Crippen LogP contribution in [0.3, 0.4) is 0 Å². The topological polar surface area (TPSA) is 111 Å². The predicted octanol–water partition coefficient (Wildman–Crippen LogP) is 1.26. The normalized spacial score (nSPS) is 20.6. The number of anilines is 1. The Morgan fingerprint density at radius 1 is 1.37 bits per heavy atom. The van der Waals surface area contributed by atoms with E-state index in [-0.39, 0.29) is 23.8 Å². The van der Waals surface area contributed by atoms with Crippen LogP contribution in [0.2, 0.25) is 0 Å². The fourth-order valence-electron chi connectivity index (χ4n) is 3.57. The van der Waals surface area contributed by atoms with Gasteiger partial charge in [-0.3, -0.25) is 14.2 Å². The van der Waals surface area contributed by atoms with Crippen LogP contribution < -0.4 is 5.32 Å². The van der Waals surface area contributed by atoms with E-state index in [0.717, 1.165) is 12.0 Å². The Hall–Kier alpha value is -3.51. The highest BCUT2D eigenvalue weighted by Gasteiger charge is 2.30. The SMILES string of the molecule is C[C@@H]1C[C@@H](Nc2ncncc2C(=O)c2ccn(CC#Cc3cnn(C)c3)n2)C[C@@H]1O. The number of rotatable bonds is 5. The third-order valence-corrected chi connectivity index (χ3v) is 5.19. The molecule has 30 heavy (non-hydrogen) atoms. The summed E-state index contributed by atoms with van der Waals surface area (Å²) in [6.07, 6.45) is 9.25. The second-order valence-electron chi connectivity index (χ2n) is 7.57. The molecule has 0 radical (unpaired) electrons. The molecule has 4 rings (SSSR count). The van der Waals surface area contributed by atoms with Crippen LogP contribution in [0, 0.1) is 17.8 Å². The molecule has 154 valence electrons. The standard InChI is InChI=1S/C21H23N7O2/c1-14-8-16(9-19(14)29)25-21-17(11-22-13-23-21)20(30)18-5-7-28(26-18)6-3-4-15-10-24-27(2)12-15/h5,7,10-14,16,19,29H,6,8-9H2,1-2H3,(H,22,23,25)/t14-,16-,19+/m1/s1. The minimum Gasteiger partial charge on any atom is -0.393 e. The number of hydrogen-bond acceptors (Lipinski definition) is 7. The van der Waals surface area contributed by atoms with E-state index in [1.54, 1.807) is 27.8 Å². The number of aryl methyl sites for hydroxylation is 1. The lowest BCUT2D eigenvalue weighted by atomic mass is 10.1. The molecule has 3 atom stereocenters. The number of carbonyl (C=O) groups is 1. The number of carbonyl (C=O) groups excluding carboxylic acids is 1. The van der Waals surface area contributed by atoms with Gasteiger partial charge < -0.3 is 10.4 Å². The maximum Gasteiger partial charge on any atom is 0.218 e. The molecule has 0 amide bonds. The fraction of sp³-hybridized carbons (Fsp3) is 0.381. The molecular formula is C21H23N7O2. The highest BCUT2D eigenvalue weighted by Crippen LogP contribution is 2.28. The van der Waals surface area contributed by atoms with E-state index < -0.39 is 0 Å². The van der Waals surface area contributed by atoms with Crippen LogP contribution in [0.1, 0.15) is 41.4 Å². The average Bonchev–Trinajstić information content (AvgIpc) is 3.43. The number of aliphatic hydroxyl groups excluding tert-OH is 1. The van der Waals surface area contributed by atoms with Crippen molar-refractivity contribution in [3.8, 4) is 11.8 Å². The summed E-state index contributed by atoms with van der Waals surface area (Å²) in [6.45, 7) is 2.37. The molecule has 0 bridgehead atoms. The summed E-state index contributed by atoms with van der Waals surface area (Å²) in [5.74, 6) is 6.45. The van der Waals surface area contributed by atoms with Gasteiger partial charge in [-0.25, -0.2) is 9.97 Å². The second kappa shape index (κ2) is 8.47. The molecule has 0 unspecified atom stereocenters. The molecule has 9 nitrogen and oxygen atoms in total. The highest BCUT2D eigenvalue weighted by atomic mass is 16.3. The second-order valence-corrected chi connectivity index (χ2v) is 7.57. The number of aliphatic hydroxyl groups is 1. The zero-order valence-electron chi connectivity index (χ0n) is 16.9. The van der Waals surface area contributed by atoms with Crippen LogP contribution in [-0.2, 0) is 13.6 Å². The molecule has 0 aliphatic heterocycles. The molecule has 3 aromatic rings. The average molecular weight is 405 g/mol. The maximum absolute atomic E-state index is 13.0. The lowest BCUT2D eigenvalue weighted by molar-refractivity contribution is 0.103. The molecule has 3 aromatic heterocycles. The van der Waals surface area contributed by atoms with E-state index in [1.807, 2.05) is 20.2 Å². The van der Waals surface area contributed by atoms with Crippen molar-refractivity contribution in [3.63, 3.8) is 0 Å². The summed E-state index contributed by atoms with van der Waals surface area (Å²) < 4.78 is 3.30. The molecule has 9 heteroatoms. The molecule has 3 heterocycles. The zero-order valence-corrected chi connectivity index (χ0v) is 16.9. The quantitative estimate of drug-likeness (QED) is 0.486. The molecule has 0 saturated heterocycles. The number of hydrogen-bond donors (Lipinski definition) is 2. The van der Waals surface area contributed by atoms with E-state index >= 15 is 0 Å². The molecule has 0 aromatic carbocycles. The lowest BCUT2D eigenvalue weighted by Gasteiger charge is -2.14. The molecule has 1 fully saturated rings. The van der Waals surface area contributed by atoms with Crippen LogP contribution in [0.25, 0.3) is 0 Å². The van der Waals surface area contributed by atoms with E-state index in [4.69, 9.17) is 0 Å². The summed E-state index contributed by atoms with van der Waals surface area (Å²) >= 11 is 0. The van der Waals surface area contributed by atoms with Gasteiger partial charge in [-0.1, -0.05) is 18.8 Å². The van der Waals surface area contributed by atoms with E-state index in [1.165, 1.54) is 12.5 Å². The van der Waals surface area contributed by atoms with Crippen LogP contribution >= 0.6 is 0 Å². The Balaban J connectivity index is 1.46. The number of ketones is 1. The molecule has 0 spiro atoms. The van der Waals surface area contributed by atoms with Gasteiger partial charge in [0.15, 0.2) is 0 Å². The largest absolute Gasteiger partial charge is 0.393 e. The molecule has 2 N–H and O–H groups in total. The first kappa shape index (κ1) is 19.8. The van der Waals surface area contributed by atoms with Gasteiger partial charge in [-0.2, -0.15) is 10.2 Å². The Labute approximate surface area is 174 Å². The minimum absolute atomic E-state index is 0.0664. The van der Waals surface area contributed by atoms with E-state index in [9.17, 15) is 9.90 Å². The first-order chi connectivity index (χ1) is 14.5. The molecule has 1 aliphatic rings. The van der Waals surface area contributed by atoms with E-state index in [0.29, 0.717) is 30.0 Å². The van der Waals surface area contributed by atoms with Crippen molar-refractivity contribution >= 4 is 11.6 Å². The Kier molecular flexibility index (Phi) is 5.59. The minimum atomic E-state index is -0.341. The molecule has 1 aliphatic carbocycles. The van der Waals surface area contributed by atoms with Crippen LogP contribution in [0.4, 0.5) is 5.82 Å². The van der Waals surface area contributed by atoms with Crippen molar-refractivity contribution in [1.82, 2.24) is 29.5 Å². The summed E-state index contributed by atoms with van der Waals surface area (Å²) in [7, 11) is 1.84. The van der Waals surface area contributed by atoms with Gasteiger partial charge in [0, 0.05) is 31.7 Å². The van der Waals surface area contributed by atoms with Gasteiger partial charge in [0.05, 0.1) is 23.4 Å². The van der Waals surface area contributed by atoms with Gasteiger partial charge in [-0.05, 0) is 24.8 Å². The van der Waals surface area contributed by atoms with Gasteiger partial charge in [-0.15, -0.1) is 0 Å². The highest BCUT2D eigenvalue weighted by molar-refractivity contribution is 6.10. The van der Waals surface area contributed by atoms with Crippen molar-refractivity contribution < 1.29 is 9.90 Å². The van der Waals surface area contributed by atoms with Gasteiger partial charge in [0.25, 0.3) is 0 Å². The summed E-state index contributed by atoms with van der Waals surface area (Å²) in [4.78, 5) is 21.2. The molecular weight excluding hydrogens is 382 g/mol. The van der Waals surface area contributed by atoms with Gasteiger partial charge >= 0.3 is 0 Å². The third kappa shape index (κ3) is 4.39. The van der Waals surface area contributed by atoms with Crippen LogP contribution in [0.5, 0.6) is 0 Å². The third-order valence-electron chi connectivity index (χ3n) is 5.19. The summed E-state index contributed by atoms with van der Waals surface area (Å²) in [5, 5.41) is 21.7.